The second kappa shape index (κ2) is 6.84. The van der Waals surface area contributed by atoms with E-state index in [1.807, 2.05) is 26.2 Å². The zero-order valence-corrected chi connectivity index (χ0v) is 15.9. The molecule has 1 saturated heterocycles. The van der Waals surface area contributed by atoms with Crippen LogP contribution < -0.4 is 9.64 Å². The number of aromatic nitrogens is 3. The lowest BCUT2D eigenvalue weighted by atomic mass is 10.1. The van der Waals surface area contributed by atoms with E-state index in [9.17, 15) is 9.90 Å². The molecular formula is C19H25N5O3. The molecule has 8 nitrogen and oxygen atoms in total. The number of aliphatic hydroxyl groups is 1. The Morgan fingerprint density at radius 2 is 2.04 bits per heavy atom. The van der Waals surface area contributed by atoms with Crippen LogP contribution in [0.3, 0.4) is 0 Å². The number of rotatable bonds is 4. The number of carbonyl (C=O) groups excluding carboxylic acids is 1. The van der Waals surface area contributed by atoms with Crippen molar-refractivity contribution in [2.45, 2.75) is 31.9 Å². The molecule has 4 heterocycles. The van der Waals surface area contributed by atoms with Crippen molar-refractivity contribution >= 4 is 11.7 Å². The van der Waals surface area contributed by atoms with Gasteiger partial charge in [-0.15, -0.1) is 0 Å². The molecule has 1 atom stereocenters. The van der Waals surface area contributed by atoms with Gasteiger partial charge in [-0.3, -0.25) is 9.48 Å². The van der Waals surface area contributed by atoms with Crippen molar-refractivity contribution in [1.82, 2.24) is 19.7 Å². The minimum atomic E-state index is -0.363. The molecule has 1 N–H and O–H groups in total. The minimum Gasteiger partial charge on any atom is -0.487 e. The Hall–Kier alpha value is -2.61. The molecule has 2 aliphatic heterocycles. The van der Waals surface area contributed by atoms with E-state index in [1.165, 1.54) is 0 Å². The van der Waals surface area contributed by atoms with E-state index in [1.54, 1.807) is 22.8 Å². The summed E-state index contributed by atoms with van der Waals surface area (Å²) in [4.78, 5) is 21.0. The molecule has 1 amide bonds. The number of fused-ring (bicyclic) bond motifs is 1. The molecule has 1 unspecified atom stereocenters. The standard InChI is InChI=1S/C19H25N5O3/c1-12-8-15-17(16(11-25)23(3)19(15)26)21-18(12)24-6-4-13(5-7-24)27-14-9-20-22(2)10-14/h8-10,13,16,25H,4-7,11H2,1-3H3. The lowest BCUT2D eigenvalue weighted by molar-refractivity contribution is 0.0715. The highest BCUT2D eigenvalue weighted by Crippen LogP contribution is 2.34. The summed E-state index contributed by atoms with van der Waals surface area (Å²) in [5, 5.41) is 13.8. The van der Waals surface area contributed by atoms with Gasteiger partial charge < -0.3 is 19.6 Å². The van der Waals surface area contributed by atoms with Crippen molar-refractivity contribution in [2.75, 3.05) is 31.6 Å². The van der Waals surface area contributed by atoms with E-state index in [2.05, 4.69) is 10.00 Å². The average molecular weight is 371 g/mol. The second-order valence-electron chi connectivity index (χ2n) is 7.33. The van der Waals surface area contributed by atoms with Gasteiger partial charge >= 0.3 is 0 Å². The fraction of sp³-hybridized carbons (Fsp3) is 0.526. The highest BCUT2D eigenvalue weighted by molar-refractivity contribution is 5.99. The van der Waals surface area contributed by atoms with Crippen LogP contribution >= 0.6 is 0 Å². The zero-order chi connectivity index (χ0) is 19.1. The van der Waals surface area contributed by atoms with Crippen LogP contribution in [0.5, 0.6) is 5.75 Å². The van der Waals surface area contributed by atoms with Crippen molar-refractivity contribution < 1.29 is 14.6 Å². The van der Waals surface area contributed by atoms with Crippen LogP contribution in [0.2, 0.25) is 0 Å². The first-order chi connectivity index (χ1) is 13.0. The average Bonchev–Trinajstić information content (AvgIpc) is 3.17. The first kappa shape index (κ1) is 17.8. The summed E-state index contributed by atoms with van der Waals surface area (Å²) in [6, 6.07) is 1.54. The van der Waals surface area contributed by atoms with E-state index in [-0.39, 0.29) is 24.7 Å². The summed E-state index contributed by atoms with van der Waals surface area (Å²) >= 11 is 0. The maximum Gasteiger partial charge on any atom is 0.256 e. The Balaban J connectivity index is 1.49. The van der Waals surface area contributed by atoms with Crippen LogP contribution in [0, 0.1) is 6.92 Å². The number of nitrogens with zero attached hydrogens (tertiary/aromatic N) is 5. The van der Waals surface area contributed by atoms with Crippen molar-refractivity contribution in [3.8, 4) is 5.75 Å². The van der Waals surface area contributed by atoms with Crippen molar-refractivity contribution in [2.24, 2.45) is 7.05 Å². The van der Waals surface area contributed by atoms with Gasteiger partial charge in [-0.1, -0.05) is 0 Å². The Labute approximate surface area is 158 Å². The third kappa shape index (κ3) is 3.14. The normalized spacial score (nSPS) is 20.3. The van der Waals surface area contributed by atoms with Crippen LogP contribution in [-0.4, -0.2) is 63.5 Å². The van der Waals surface area contributed by atoms with Gasteiger partial charge in [0.05, 0.1) is 36.3 Å². The van der Waals surface area contributed by atoms with Gasteiger partial charge in [-0.25, -0.2) is 4.98 Å². The van der Waals surface area contributed by atoms with Gasteiger partial charge in [0.25, 0.3) is 5.91 Å². The molecule has 0 radical (unpaired) electrons. The number of piperidine rings is 1. The molecule has 144 valence electrons. The summed E-state index contributed by atoms with van der Waals surface area (Å²) in [6.07, 6.45) is 5.57. The summed E-state index contributed by atoms with van der Waals surface area (Å²) in [7, 11) is 3.58. The molecule has 0 saturated carbocycles. The molecule has 4 rings (SSSR count). The molecule has 0 aromatic carbocycles. The molecule has 8 heteroatoms. The van der Waals surface area contributed by atoms with E-state index in [0.29, 0.717) is 11.3 Å². The quantitative estimate of drug-likeness (QED) is 0.872. The number of carbonyl (C=O) groups is 1. The lowest BCUT2D eigenvalue weighted by Gasteiger charge is -2.33. The first-order valence-corrected chi connectivity index (χ1v) is 9.27. The van der Waals surface area contributed by atoms with Crippen molar-refractivity contribution in [3.05, 3.63) is 35.3 Å². The predicted molar refractivity (Wildman–Crippen MR) is 100.0 cm³/mol. The van der Waals surface area contributed by atoms with Gasteiger partial charge in [0.2, 0.25) is 0 Å². The van der Waals surface area contributed by atoms with E-state index >= 15 is 0 Å². The van der Waals surface area contributed by atoms with Crippen LogP contribution in [0.4, 0.5) is 5.82 Å². The SMILES string of the molecule is Cc1cc2c(nc1N1CCC(Oc3cnn(C)c3)CC1)C(CO)N(C)C2=O. The van der Waals surface area contributed by atoms with Gasteiger partial charge in [0.1, 0.15) is 11.9 Å². The molecule has 27 heavy (non-hydrogen) atoms. The number of aliphatic hydroxyl groups excluding tert-OH is 1. The number of anilines is 1. The van der Waals surface area contributed by atoms with Crippen LogP contribution in [0.15, 0.2) is 18.5 Å². The monoisotopic (exact) mass is 371 g/mol. The highest BCUT2D eigenvalue weighted by Gasteiger charge is 2.36. The summed E-state index contributed by atoms with van der Waals surface area (Å²) in [5.74, 6) is 1.63. The van der Waals surface area contributed by atoms with Crippen LogP contribution in [0.25, 0.3) is 0 Å². The van der Waals surface area contributed by atoms with Gasteiger partial charge in [-0.05, 0) is 18.6 Å². The summed E-state index contributed by atoms with van der Waals surface area (Å²) < 4.78 is 7.75. The largest absolute Gasteiger partial charge is 0.487 e. The van der Waals surface area contributed by atoms with Gasteiger partial charge in [-0.2, -0.15) is 5.10 Å². The second-order valence-corrected chi connectivity index (χ2v) is 7.33. The number of likely N-dealkylation sites (N-methyl/N-ethyl adjacent to an activating group) is 1. The molecule has 0 spiro atoms. The lowest BCUT2D eigenvalue weighted by Crippen LogP contribution is -2.39. The Morgan fingerprint density at radius 3 is 2.67 bits per heavy atom. The fourth-order valence-corrected chi connectivity index (χ4v) is 3.92. The summed E-state index contributed by atoms with van der Waals surface area (Å²) in [6.45, 7) is 3.54. The third-order valence-corrected chi connectivity index (χ3v) is 5.45. The number of hydrogen-bond donors (Lipinski definition) is 1. The molecule has 0 aliphatic carbocycles. The number of amides is 1. The molecule has 2 aliphatic rings. The molecular weight excluding hydrogens is 346 g/mol. The van der Waals surface area contributed by atoms with E-state index in [4.69, 9.17) is 9.72 Å². The number of ether oxygens (including phenoxy) is 1. The Morgan fingerprint density at radius 1 is 1.30 bits per heavy atom. The zero-order valence-electron chi connectivity index (χ0n) is 15.9. The predicted octanol–water partition coefficient (Wildman–Crippen LogP) is 1.29. The van der Waals surface area contributed by atoms with E-state index < -0.39 is 0 Å². The highest BCUT2D eigenvalue weighted by atomic mass is 16.5. The first-order valence-electron chi connectivity index (χ1n) is 9.27. The Kier molecular flexibility index (Phi) is 4.51. The molecule has 0 bridgehead atoms. The van der Waals surface area contributed by atoms with Gasteiger partial charge in [0.15, 0.2) is 5.75 Å². The minimum absolute atomic E-state index is 0.0743. The van der Waals surface area contributed by atoms with Crippen LogP contribution in [-0.2, 0) is 7.05 Å². The van der Waals surface area contributed by atoms with Crippen molar-refractivity contribution in [3.63, 3.8) is 0 Å². The van der Waals surface area contributed by atoms with Crippen LogP contribution in [0.1, 0.15) is 40.5 Å². The summed E-state index contributed by atoms with van der Waals surface area (Å²) in [5.41, 5.74) is 2.27. The number of aryl methyl sites for hydroxylation is 2. The fourth-order valence-electron chi connectivity index (χ4n) is 3.92. The maximum atomic E-state index is 12.4. The van der Waals surface area contributed by atoms with E-state index in [0.717, 1.165) is 43.1 Å². The van der Waals surface area contributed by atoms with Crippen molar-refractivity contribution in [1.29, 1.82) is 0 Å². The third-order valence-electron chi connectivity index (χ3n) is 5.45. The van der Waals surface area contributed by atoms with Gasteiger partial charge in [0, 0.05) is 40.0 Å². The maximum absolute atomic E-state index is 12.4. The molecule has 2 aromatic rings. The smallest absolute Gasteiger partial charge is 0.256 e. The molecule has 2 aromatic heterocycles. The topological polar surface area (TPSA) is 83.7 Å². The molecule has 1 fully saturated rings. The number of hydrogen-bond acceptors (Lipinski definition) is 6. The number of pyridine rings is 1. The Bertz CT molecular complexity index is 857.